The van der Waals surface area contributed by atoms with E-state index in [-0.39, 0.29) is 0 Å². The molecule has 0 spiro atoms. The van der Waals surface area contributed by atoms with Crippen molar-refractivity contribution in [3.05, 3.63) is 35.3 Å². The first-order valence-corrected chi connectivity index (χ1v) is 4.07. The molecule has 0 unspecified atom stereocenters. The number of pyridine rings is 1. The van der Waals surface area contributed by atoms with Crippen LogP contribution in [-0.2, 0) is 6.42 Å². The van der Waals surface area contributed by atoms with Gasteiger partial charge in [-0.05, 0) is 22.9 Å². The summed E-state index contributed by atoms with van der Waals surface area (Å²) >= 11 is 0. The van der Waals surface area contributed by atoms with Crippen molar-refractivity contribution in [2.45, 2.75) is 6.42 Å². The normalized spacial score (nSPS) is 17.5. The molecule has 1 aromatic rings. The molecule has 62 valence electrons. The molecule has 1 aromatic heterocycles. The van der Waals surface area contributed by atoms with Gasteiger partial charge < -0.3 is 0 Å². The summed E-state index contributed by atoms with van der Waals surface area (Å²) in [7, 11) is 0. The van der Waals surface area contributed by atoms with Gasteiger partial charge >= 0.3 is 0 Å². The average molecular weight is 170 g/mol. The Hall–Kier alpha value is -1.84. The maximum absolute atomic E-state index is 4.27. The molecule has 1 aliphatic carbocycles. The summed E-state index contributed by atoms with van der Waals surface area (Å²) in [5, 5.41) is 11.5. The molecule has 2 heterocycles. The van der Waals surface area contributed by atoms with E-state index in [0.29, 0.717) is 0 Å². The van der Waals surface area contributed by atoms with Gasteiger partial charge in [-0.15, -0.1) is 10.2 Å². The van der Waals surface area contributed by atoms with Crippen LogP contribution >= 0.6 is 0 Å². The Morgan fingerprint density at radius 2 is 2.31 bits per heavy atom. The molecule has 0 N–H and O–H groups in total. The van der Waals surface area contributed by atoms with Gasteiger partial charge in [0.25, 0.3) is 0 Å². The third-order valence-electron chi connectivity index (χ3n) is 2.17. The number of rotatable bonds is 0. The fourth-order valence-corrected chi connectivity index (χ4v) is 1.51. The molecule has 3 rings (SSSR count). The highest BCUT2D eigenvalue weighted by Gasteiger charge is 2.20. The van der Waals surface area contributed by atoms with E-state index in [4.69, 9.17) is 0 Å². The quantitative estimate of drug-likeness (QED) is 0.585. The third kappa shape index (κ3) is 0.917. The van der Waals surface area contributed by atoms with E-state index in [1.165, 1.54) is 0 Å². The van der Waals surface area contributed by atoms with Crippen LogP contribution in [0.2, 0.25) is 0 Å². The molecule has 0 saturated carbocycles. The molecule has 4 heteroatoms. The van der Waals surface area contributed by atoms with Crippen LogP contribution in [0.1, 0.15) is 11.3 Å². The molecule has 0 saturated heterocycles. The van der Waals surface area contributed by atoms with Crippen molar-refractivity contribution in [1.82, 2.24) is 4.98 Å². The average Bonchev–Trinajstić information content (AvgIpc) is 2.61. The van der Waals surface area contributed by atoms with Crippen molar-refractivity contribution in [1.29, 1.82) is 0 Å². The highest BCUT2D eigenvalue weighted by Crippen LogP contribution is 2.24. The number of aromatic nitrogens is 1. The van der Waals surface area contributed by atoms with Gasteiger partial charge in [0.2, 0.25) is 0 Å². The molecule has 1 aliphatic heterocycles. The topological polar surface area (TPSA) is 50.0 Å². The molecule has 0 atom stereocenters. The summed E-state index contributed by atoms with van der Waals surface area (Å²) in [4.78, 5) is 4.27. The van der Waals surface area contributed by atoms with Crippen LogP contribution in [-0.4, -0.2) is 10.7 Å². The SMILES string of the molecule is C1=C2N=NN=C2Cc2ncccc21. The Bertz CT molecular complexity index is 456. The van der Waals surface area contributed by atoms with E-state index in [0.717, 1.165) is 29.1 Å². The summed E-state index contributed by atoms with van der Waals surface area (Å²) in [5.74, 6) is 0. The highest BCUT2D eigenvalue weighted by atomic mass is 15.4. The Morgan fingerprint density at radius 3 is 3.31 bits per heavy atom. The zero-order chi connectivity index (χ0) is 8.67. The van der Waals surface area contributed by atoms with Crippen molar-refractivity contribution < 1.29 is 0 Å². The minimum absolute atomic E-state index is 0.745. The second kappa shape index (κ2) is 2.32. The van der Waals surface area contributed by atoms with Crippen molar-refractivity contribution in [3.63, 3.8) is 0 Å². The van der Waals surface area contributed by atoms with Crippen LogP contribution < -0.4 is 0 Å². The number of hydrogen-bond donors (Lipinski definition) is 0. The van der Waals surface area contributed by atoms with Crippen LogP contribution in [0.3, 0.4) is 0 Å². The third-order valence-corrected chi connectivity index (χ3v) is 2.17. The molecule has 0 bridgehead atoms. The summed E-state index contributed by atoms with van der Waals surface area (Å²) in [5.41, 5.74) is 3.97. The lowest BCUT2D eigenvalue weighted by Gasteiger charge is -2.09. The lowest BCUT2D eigenvalue weighted by molar-refractivity contribution is 1.09. The first-order chi connectivity index (χ1) is 6.43. The van der Waals surface area contributed by atoms with E-state index in [1.54, 1.807) is 6.20 Å². The van der Waals surface area contributed by atoms with Crippen molar-refractivity contribution in [2.24, 2.45) is 15.4 Å². The van der Waals surface area contributed by atoms with E-state index in [2.05, 4.69) is 20.4 Å². The number of nitrogens with zero attached hydrogens (tertiary/aromatic N) is 4. The van der Waals surface area contributed by atoms with Gasteiger partial charge in [0.1, 0.15) is 5.70 Å². The molecule has 4 nitrogen and oxygen atoms in total. The number of hydrogen-bond acceptors (Lipinski definition) is 4. The van der Waals surface area contributed by atoms with Gasteiger partial charge in [0.05, 0.1) is 11.4 Å². The predicted molar refractivity (Wildman–Crippen MR) is 48.2 cm³/mol. The molecule has 2 aliphatic rings. The fraction of sp³-hybridized carbons (Fsp3) is 0.111. The predicted octanol–water partition coefficient (Wildman–Crippen LogP) is 1.80. The molecular formula is C9H6N4. The summed E-state index contributed by atoms with van der Waals surface area (Å²) in [6.07, 6.45) is 4.51. The molecule has 0 amide bonds. The monoisotopic (exact) mass is 170 g/mol. The minimum Gasteiger partial charge on any atom is -0.260 e. The van der Waals surface area contributed by atoms with E-state index >= 15 is 0 Å². The number of allylic oxidation sites excluding steroid dienone is 1. The maximum atomic E-state index is 4.27. The zero-order valence-electron chi connectivity index (χ0n) is 6.81. The van der Waals surface area contributed by atoms with Gasteiger partial charge in [0.15, 0.2) is 0 Å². The lowest BCUT2D eigenvalue weighted by Crippen LogP contribution is -2.10. The first-order valence-electron chi connectivity index (χ1n) is 4.07. The maximum Gasteiger partial charge on any atom is 0.112 e. The highest BCUT2D eigenvalue weighted by molar-refractivity contribution is 6.07. The van der Waals surface area contributed by atoms with Crippen LogP contribution in [0.25, 0.3) is 6.08 Å². The molecule has 0 fully saturated rings. The van der Waals surface area contributed by atoms with Crippen LogP contribution in [0.5, 0.6) is 0 Å². The first kappa shape index (κ1) is 6.65. The second-order valence-electron chi connectivity index (χ2n) is 2.98. The van der Waals surface area contributed by atoms with Crippen LogP contribution in [0, 0.1) is 0 Å². The Labute approximate surface area is 74.7 Å². The van der Waals surface area contributed by atoms with Crippen molar-refractivity contribution in [3.8, 4) is 0 Å². The summed E-state index contributed by atoms with van der Waals surface area (Å²) in [6.45, 7) is 0. The van der Waals surface area contributed by atoms with Crippen LogP contribution in [0.15, 0.2) is 39.5 Å². The summed E-state index contributed by atoms with van der Waals surface area (Å²) in [6, 6.07) is 3.95. The van der Waals surface area contributed by atoms with Gasteiger partial charge in [-0.2, -0.15) is 0 Å². The van der Waals surface area contributed by atoms with Gasteiger partial charge in [-0.3, -0.25) is 4.98 Å². The Kier molecular flexibility index (Phi) is 1.19. The van der Waals surface area contributed by atoms with Gasteiger partial charge in [-0.1, -0.05) is 6.07 Å². The molecule has 13 heavy (non-hydrogen) atoms. The lowest BCUT2D eigenvalue weighted by atomic mass is 9.99. The van der Waals surface area contributed by atoms with E-state index < -0.39 is 0 Å². The van der Waals surface area contributed by atoms with Crippen molar-refractivity contribution in [2.75, 3.05) is 0 Å². The van der Waals surface area contributed by atoms with Crippen LogP contribution in [0.4, 0.5) is 0 Å². The van der Waals surface area contributed by atoms with E-state index in [9.17, 15) is 0 Å². The van der Waals surface area contributed by atoms with Gasteiger partial charge in [-0.25, -0.2) is 0 Å². The Balaban J connectivity index is 2.21. The molecule has 0 radical (unpaired) electrons. The minimum atomic E-state index is 0.745. The standard InChI is InChI=1S/C9H6N4/c1-2-6-4-8-9(12-13-11-8)5-7(6)10-3-1/h1-4H,5H2. The molecule has 0 aromatic carbocycles. The Morgan fingerprint density at radius 1 is 1.31 bits per heavy atom. The molecular weight excluding hydrogens is 164 g/mol. The smallest absolute Gasteiger partial charge is 0.112 e. The fourth-order valence-electron chi connectivity index (χ4n) is 1.51. The van der Waals surface area contributed by atoms with Crippen molar-refractivity contribution >= 4 is 11.8 Å². The number of fused-ring (bicyclic) bond motifs is 2. The van der Waals surface area contributed by atoms with Gasteiger partial charge in [0, 0.05) is 12.6 Å². The van der Waals surface area contributed by atoms with E-state index in [1.807, 2.05) is 18.2 Å². The second-order valence-corrected chi connectivity index (χ2v) is 2.98. The largest absolute Gasteiger partial charge is 0.260 e. The zero-order valence-corrected chi connectivity index (χ0v) is 6.81. The summed E-state index contributed by atoms with van der Waals surface area (Å²) < 4.78 is 0.